The molecule has 2 rings (SSSR count). The first kappa shape index (κ1) is 22.5. The molecule has 0 aliphatic rings. The summed E-state index contributed by atoms with van der Waals surface area (Å²) in [4.78, 5) is 11.5. The second-order valence-electron chi connectivity index (χ2n) is 7.36. The molecule has 0 fully saturated rings. The van der Waals surface area contributed by atoms with Gasteiger partial charge in [-0.2, -0.15) is 0 Å². The Bertz CT molecular complexity index is 824. The topological polar surface area (TPSA) is 65.0 Å². The fourth-order valence-electron chi connectivity index (χ4n) is 2.91. The molecule has 0 radical (unpaired) electrons. The predicted octanol–water partition coefficient (Wildman–Crippen LogP) is 4.40. The molecule has 0 spiro atoms. The first-order chi connectivity index (χ1) is 13.8. The van der Waals surface area contributed by atoms with Crippen molar-refractivity contribution in [3.8, 4) is 11.5 Å². The van der Waals surface area contributed by atoms with Gasteiger partial charge in [0, 0.05) is 17.1 Å². The zero-order valence-corrected chi connectivity index (χ0v) is 17.6. The van der Waals surface area contributed by atoms with Gasteiger partial charge < -0.3 is 19.3 Å². The summed E-state index contributed by atoms with van der Waals surface area (Å²) in [6, 6.07) is 13.8. The van der Waals surface area contributed by atoms with Crippen LogP contribution < -0.4 is 9.47 Å². The number of hydrogen-bond acceptors (Lipinski definition) is 5. The maximum absolute atomic E-state index is 11.5. The van der Waals surface area contributed by atoms with Gasteiger partial charge in [0.25, 0.3) is 0 Å². The van der Waals surface area contributed by atoms with Crippen molar-refractivity contribution in [3.05, 3.63) is 71.8 Å². The Labute approximate surface area is 172 Å². The van der Waals surface area contributed by atoms with Gasteiger partial charge in [0.2, 0.25) is 0 Å². The first-order valence-corrected chi connectivity index (χ1v) is 9.69. The van der Waals surface area contributed by atoms with Crippen molar-refractivity contribution in [1.29, 1.82) is 0 Å². The zero-order chi connectivity index (χ0) is 21.4. The molecule has 5 nitrogen and oxygen atoms in total. The predicted molar refractivity (Wildman–Crippen MR) is 113 cm³/mol. The summed E-state index contributed by atoms with van der Waals surface area (Å²) >= 11 is 0. The van der Waals surface area contributed by atoms with Gasteiger partial charge in [-0.25, -0.2) is 4.79 Å². The van der Waals surface area contributed by atoms with E-state index in [9.17, 15) is 9.90 Å². The third-order valence-electron chi connectivity index (χ3n) is 5.03. The Hall–Kier alpha value is -2.79. The smallest absolute Gasteiger partial charge is 0.330 e. The zero-order valence-electron chi connectivity index (χ0n) is 17.6. The molecule has 0 aromatic heterocycles. The van der Waals surface area contributed by atoms with Crippen LogP contribution in [0.25, 0.3) is 0 Å². The quantitative estimate of drug-likeness (QED) is 0.475. The molecule has 156 valence electrons. The van der Waals surface area contributed by atoms with E-state index in [4.69, 9.17) is 14.2 Å². The van der Waals surface area contributed by atoms with Gasteiger partial charge in [0.1, 0.15) is 24.7 Å². The van der Waals surface area contributed by atoms with Crippen LogP contribution in [-0.4, -0.2) is 30.9 Å². The molecule has 1 unspecified atom stereocenters. The lowest BCUT2D eigenvalue weighted by atomic mass is 9.77. The fraction of sp³-hybridized carbons (Fsp3) is 0.375. The molecule has 0 saturated carbocycles. The second-order valence-corrected chi connectivity index (χ2v) is 7.36. The SMILES string of the molecule is C=CC(=O)OCc1cc(C(C)(C)c2ccc(OC)cc2)ccc1OCC(O)CC. The maximum atomic E-state index is 11.5. The lowest BCUT2D eigenvalue weighted by Crippen LogP contribution is -2.20. The lowest BCUT2D eigenvalue weighted by molar-refractivity contribution is -0.139. The van der Waals surface area contributed by atoms with Gasteiger partial charge in [-0.3, -0.25) is 0 Å². The minimum absolute atomic E-state index is 0.0644. The summed E-state index contributed by atoms with van der Waals surface area (Å²) in [5, 5.41) is 9.81. The maximum Gasteiger partial charge on any atom is 0.330 e. The van der Waals surface area contributed by atoms with Crippen LogP contribution in [0.4, 0.5) is 0 Å². The minimum Gasteiger partial charge on any atom is -0.497 e. The molecule has 0 heterocycles. The van der Waals surface area contributed by atoms with E-state index in [1.54, 1.807) is 7.11 Å². The van der Waals surface area contributed by atoms with Crippen LogP contribution in [-0.2, 0) is 21.6 Å². The van der Waals surface area contributed by atoms with E-state index in [2.05, 4.69) is 20.4 Å². The van der Waals surface area contributed by atoms with Crippen LogP contribution in [0.15, 0.2) is 55.1 Å². The minimum atomic E-state index is -0.547. The molecule has 5 heteroatoms. The number of ether oxygens (including phenoxy) is 3. The molecule has 0 saturated heterocycles. The summed E-state index contributed by atoms with van der Waals surface area (Å²) in [5.41, 5.74) is 2.63. The molecule has 29 heavy (non-hydrogen) atoms. The molecular weight excluding hydrogens is 368 g/mol. The Morgan fingerprint density at radius 2 is 1.83 bits per heavy atom. The Morgan fingerprint density at radius 1 is 1.17 bits per heavy atom. The van der Waals surface area contributed by atoms with Crippen LogP contribution in [0.3, 0.4) is 0 Å². The fourth-order valence-corrected chi connectivity index (χ4v) is 2.91. The number of aliphatic hydroxyl groups is 1. The van der Waals surface area contributed by atoms with Crippen LogP contribution >= 0.6 is 0 Å². The van der Waals surface area contributed by atoms with Crippen LogP contribution in [0, 0.1) is 0 Å². The largest absolute Gasteiger partial charge is 0.497 e. The Balaban J connectivity index is 2.35. The summed E-state index contributed by atoms with van der Waals surface area (Å²) in [7, 11) is 1.64. The van der Waals surface area contributed by atoms with Crippen molar-refractivity contribution in [2.45, 2.75) is 45.3 Å². The van der Waals surface area contributed by atoms with E-state index in [1.807, 2.05) is 49.4 Å². The standard InChI is InChI=1S/C24H30O5/c1-6-20(25)16-28-22-13-10-19(14-17(22)15-29-23(26)7-2)24(3,4)18-8-11-21(27-5)12-9-18/h7-14,20,25H,2,6,15-16H2,1,3-5H3. The normalized spacial score (nSPS) is 12.2. The molecule has 0 aliphatic carbocycles. The number of benzene rings is 2. The highest BCUT2D eigenvalue weighted by atomic mass is 16.5. The van der Waals surface area contributed by atoms with Crippen molar-refractivity contribution < 1.29 is 24.1 Å². The molecule has 0 amide bonds. The molecule has 0 aliphatic heterocycles. The van der Waals surface area contributed by atoms with Crippen molar-refractivity contribution in [2.75, 3.05) is 13.7 Å². The van der Waals surface area contributed by atoms with E-state index in [0.717, 1.165) is 28.5 Å². The van der Waals surface area contributed by atoms with Gasteiger partial charge >= 0.3 is 5.97 Å². The molecule has 0 bridgehead atoms. The van der Waals surface area contributed by atoms with Crippen LogP contribution in [0.1, 0.15) is 43.9 Å². The number of hydrogen-bond donors (Lipinski definition) is 1. The van der Waals surface area contributed by atoms with E-state index < -0.39 is 12.1 Å². The van der Waals surface area contributed by atoms with Crippen molar-refractivity contribution in [2.24, 2.45) is 0 Å². The molecule has 2 aromatic rings. The third-order valence-corrected chi connectivity index (χ3v) is 5.03. The van der Waals surface area contributed by atoms with Crippen molar-refractivity contribution in [1.82, 2.24) is 0 Å². The van der Waals surface area contributed by atoms with E-state index in [-0.39, 0.29) is 18.6 Å². The lowest BCUT2D eigenvalue weighted by Gasteiger charge is -2.27. The third kappa shape index (κ3) is 5.84. The molecule has 1 N–H and O–H groups in total. The highest BCUT2D eigenvalue weighted by molar-refractivity contribution is 5.81. The van der Waals surface area contributed by atoms with E-state index in [1.165, 1.54) is 0 Å². The van der Waals surface area contributed by atoms with E-state index >= 15 is 0 Å². The molecule has 1 atom stereocenters. The van der Waals surface area contributed by atoms with Gasteiger partial charge in [-0.05, 0) is 41.8 Å². The van der Waals surface area contributed by atoms with Crippen LogP contribution in [0.2, 0.25) is 0 Å². The highest BCUT2D eigenvalue weighted by Gasteiger charge is 2.24. The number of rotatable bonds is 10. The molecular formula is C24H30O5. The monoisotopic (exact) mass is 398 g/mol. The van der Waals surface area contributed by atoms with Gasteiger partial charge in [0.15, 0.2) is 0 Å². The highest BCUT2D eigenvalue weighted by Crippen LogP contribution is 2.35. The Kier molecular flexibility index (Phi) is 7.85. The van der Waals surface area contributed by atoms with Crippen molar-refractivity contribution in [3.63, 3.8) is 0 Å². The summed E-state index contributed by atoms with van der Waals surface area (Å²) in [6.07, 6.45) is 1.18. The average molecular weight is 398 g/mol. The van der Waals surface area contributed by atoms with Gasteiger partial charge in [0.05, 0.1) is 13.2 Å². The summed E-state index contributed by atoms with van der Waals surface area (Å²) in [5.74, 6) is 0.896. The summed E-state index contributed by atoms with van der Waals surface area (Å²) < 4.78 is 16.3. The molecule has 2 aromatic carbocycles. The van der Waals surface area contributed by atoms with Gasteiger partial charge in [-0.15, -0.1) is 0 Å². The average Bonchev–Trinajstić information content (AvgIpc) is 2.75. The first-order valence-electron chi connectivity index (χ1n) is 9.69. The summed E-state index contributed by atoms with van der Waals surface area (Å²) in [6.45, 7) is 9.82. The second kappa shape index (κ2) is 10.1. The van der Waals surface area contributed by atoms with Crippen molar-refractivity contribution >= 4 is 5.97 Å². The number of carbonyl (C=O) groups excluding carboxylic acids is 1. The van der Waals surface area contributed by atoms with Crippen LogP contribution in [0.5, 0.6) is 11.5 Å². The number of aliphatic hydroxyl groups excluding tert-OH is 1. The number of methoxy groups -OCH3 is 1. The van der Waals surface area contributed by atoms with E-state index in [0.29, 0.717) is 12.2 Å². The Morgan fingerprint density at radius 3 is 2.41 bits per heavy atom. The number of carbonyl (C=O) groups is 1. The number of esters is 1. The van der Waals surface area contributed by atoms with Gasteiger partial charge in [-0.1, -0.05) is 45.5 Å².